The average molecular weight is 295 g/mol. The second-order valence-electron chi connectivity index (χ2n) is 4.20. The Kier molecular flexibility index (Phi) is 8.89. The van der Waals surface area contributed by atoms with Crippen LogP contribution < -0.4 is 5.73 Å². The number of carbonyl (C=O) groups excluding carboxylic acids is 2. The van der Waals surface area contributed by atoms with Crippen LogP contribution in [-0.4, -0.2) is 65.4 Å². The van der Waals surface area contributed by atoms with E-state index in [4.69, 9.17) is 21.4 Å². The normalized spacial score (nSPS) is 9.67. The third-order valence-electron chi connectivity index (χ3n) is 2.44. The fraction of sp³-hybridized carbons (Fsp3) is 0.583. The van der Waals surface area contributed by atoms with Crippen LogP contribution in [0.5, 0.6) is 0 Å². The lowest BCUT2D eigenvalue weighted by Gasteiger charge is -2.24. The van der Waals surface area contributed by atoms with E-state index in [1.807, 2.05) is 12.1 Å². The van der Waals surface area contributed by atoms with Gasteiger partial charge in [0.05, 0.1) is 44.6 Å². The molecule has 0 aliphatic heterocycles. The molecule has 0 heterocycles. The summed E-state index contributed by atoms with van der Waals surface area (Å²) in [4.78, 5) is 36.0. The van der Waals surface area contributed by atoms with Crippen molar-refractivity contribution >= 4 is 17.8 Å². The Labute approximate surface area is 122 Å². The highest BCUT2D eigenvalue weighted by molar-refractivity contribution is 5.81. The number of hydrogen-bond acceptors (Lipinski definition) is 6. The van der Waals surface area contributed by atoms with E-state index in [9.17, 15) is 14.4 Å². The first-order valence-electron chi connectivity index (χ1n) is 6.14. The minimum atomic E-state index is -1.19. The lowest BCUT2D eigenvalue weighted by molar-refractivity contribution is -0.140. The molecule has 0 unspecified atom stereocenters. The van der Waals surface area contributed by atoms with Crippen molar-refractivity contribution in [3.63, 3.8) is 0 Å². The number of nitrogens with two attached hydrogens (primary N) is 1. The number of carboxylic acid groups (broad SMARTS) is 1. The molecule has 0 aromatic rings. The number of primary amides is 1. The van der Waals surface area contributed by atoms with E-state index >= 15 is 0 Å². The number of carbonyl (C=O) groups is 3. The van der Waals surface area contributed by atoms with Crippen molar-refractivity contribution < 1.29 is 19.5 Å². The van der Waals surface area contributed by atoms with E-state index in [1.54, 1.807) is 0 Å². The van der Waals surface area contributed by atoms with Crippen LogP contribution in [0.4, 0.5) is 0 Å². The van der Waals surface area contributed by atoms with Gasteiger partial charge in [-0.2, -0.15) is 10.5 Å². The zero-order valence-electron chi connectivity index (χ0n) is 11.5. The van der Waals surface area contributed by atoms with Crippen LogP contribution in [0.15, 0.2) is 0 Å². The van der Waals surface area contributed by atoms with Crippen LogP contribution in [0.3, 0.4) is 0 Å². The van der Waals surface area contributed by atoms with Crippen molar-refractivity contribution in [2.45, 2.75) is 12.8 Å². The molecule has 0 aromatic carbocycles. The quantitative estimate of drug-likeness (QED) is 0.498. The maximum atomic E-state index is 12.0. The third-order valence-corrected chi connectivity index (χ3v) is 2.44. The van der Waals surface area contributed by atoms with Crippen LogP contribution in [0.2, 0.25) is 0 Å². The summed E-state index contributed by atoms with van der Waals surface area (Å²) in [5, 5.41) is 25.8. The monoisotopic (exact) mass is 295 g/mol. The third kappa shape index (κ3) is 8.97. The summed E-state index contributed by atoms with van der Waals surface area (Å²) in [6.07, 6.45) is 0.206. The van der Waals surface area contributed by atoms with E-state index in [-0.39, 0.29) is 39.0 Å². The molecule has 0 spiro atoms. The highest BCUT2D eigenvalue weighted by Crippen LogP contribution is 1.98. The van der Waals surface area contributed by atoms with Crippen LogP contribution in [0.25, 0.3) is 0 Å². The van der Waals surface area contributed by atoms with E-state index in [0.29, 0.717) is 0 Å². The molecule has 0 aliphatic rings. The molecule has 0 saturated heterocycles. The zero-order valence-corrected chi connectivity index (χ0v) is 11.5. The Morgan fingerprint density at radius 3 is 1.90 bits per heavy atom. The Hall–Kier alpha value is -2.65. The summed E-state index contributed by atoms with van der Waals surface area (Å²) in [5.41, 5.74) is 5.00. The van der Waals surface area contributed by atoms with Crippen molar-refractivity contribution in [1.29, 1.82) is 10.5 Å². The van der Waals surface area contributed by atoms with Gasteiger partial charge >= 0.3 is 5.97 Å². The zero-order chi connectivity index (χ0) is 16.3. The molecule has 0 radical (unpaired) electrons. The SMILES string of the molecule is N#CCCN(CCC#N)C(=O)CN(CC(N)=O)CC(=O)O. The van der Waals surface area contributed by atoms with Gasteiger partial charge < -0.3 is 15.7 Å². The number of hydrogen-bond donors (Lipinski definition) is 2. The molecular formula is C12H17N5O4. The van der Waals surface area contributed by atoms with Crippen LogP contribution in [0.1, 0.15) is 12.8 Å². The van der Waals surface area contributed by atoms with Crippen molar-refractivity contribution in [3.05, 3.63) is 0 Å². The van der Waals surface area contributed by atoms with Gasteiger partial charge in [-0.15, -0.1) is 0 Å². The van der Waals surface area contributed by atoms with Crippen LogP contribution >= 0.6 is 0 Å². The molecule has 0 atom stereocenters. The van der Waals surface area contributed by atoms with Gasteiger partial charge in [0.25, 0.3) is 0 Å². The molecule has 0 bridgehead atoms. The van der Waals surface area contributed by atoms with Crippen molar-refractivity contribution in [2.75, 3.05) is 32.7 Å². The average Bonchev–Trinajstić information content (AvgIpc) is 2.37. The van der Waals surface area contributed by atoms with Gasteiger partial charge in [0.2, 0.25) is 11.8 Å². The molecular weight excluding hydrogens is 278 g/mol. The fourth-order valence-corrected chi connectivity index (χ4v) is 1.60. The van der Waals surface area contributed by atoms with Gasteiger partial charge in [0, 0.05) is 13.1 Å². The van der Waals surface area contributed by atoms with Crippen molar-refractivity contribution in [2.24, 2.45) is 5.73 Å². The predicted molar refractivity (Wildman–Crippen MR) is 70.3 cm³/mol. The van der Waals surface area contributed by atoms with Gasteiger partial charge in [-0.05, 0) is 0 Å². The summed E-state index contributed by atoms with van der Waals surface area (Å²) in [6, 6.07) is 3.78. The number of aliphatic carboxylic acids is 1. The van der Waals surface area contributed by atoms with Gasteiger partial charge in [-0.3, -0.25) is 19.3 Å². The summed E-state index contributed by atoms with van der Waals surface area (Å²) < 4.78 is 0. The van der Waals surface area contributed by atoms with Gasteiger partial charge in [-0.1, -0.05) is 0 Å². The van der Waals surface area contributed by atoms with Gasteiger partial charge in [0.15, 0.2) is 0 Å². The number of amides is 2. The van der Waals surface area contributed by atoms with Crippen molar-refractivity contribution in [1.82, 2.24) is 9.80 Å². The first kappa shape index (κ1) is 18.4. The molecule has 0 saturated carbocycles. The first-order chi connectivity index (χ1) is 9.90. The lowest BCUT2D eigenvalue weighted by atomic mass is 10.3. The molecule has 0 rings (SSSR count). The molecule has 9 heteroatoms. The molecule has 21 heavy (non-hydrogen) atoms. The van der Waals surface area contributed by atoms with E-state index < -0.39 is 24.3 Å². The summed E-state index contributed by atoms with van der Waals surface area (Å²) in [6.45, 7) is -0.878. The summed E-state index contributed by atoms with van der Waals surface area (Å²) in [5.74, 6) is -2.39. The second-order valence-corrected chi connectivity index (χ2v) is 4.20. The van der Waals surface area contributed by atoms with Crippen LogP contribution in [-0.2, 0) is 14.4 Å². The standard InChI is InChI=1S/C12H17N5O4/c13-3-1-5-17(6-2-4-14)11(19)8-16(7-10(15)18)9-12(20)21/h1-2,5-9H2,(H2,15,18)(H,20,21). The smallest absolute Gasteiger partial charge is 0.317 e. The molecule has 0 aliphatic carbocycles. The number of nitrogens with zero attached hydrogens (tertiary/aromatic N) is 4. The van der Waals surface area contributed by atoms with Crippen LogP contribution in [0, 0.1) is 22.7 Å². The Morgan fingerprint density at radius 1 is 1.00 bits per heavy atom. The predicted octanol–water partition coefficient (Wildman–Crippen LogP) is -1.49. The topological polar surface area (TPSA) is 152 Å². The molecule has 2 amide bonds. The Morgan fingerprint density at radius 2 is 1.52 bits per heavy atom. The molecule has 9 nitrogen and oxygen atoms in total. The Bertz CT molecular complexity index is 431. The highest BCUT2D eigenvalue weighted by Gasteiger charge is 2.20. The number of carboxylic acids is 1. The maximum absolute atomic E-state index is 12.0. The highest BCUT2D eigenvalue weighted by atomic mass is 16.4. The second kappa shape index (κ2) is 10.2. The fourth-order valence-electron chi connectivity index (χ4n) is 1.60. The lowest BCUT2D eigenvalue weighted by Crippen LogP contribution is -2.45. The minimum Gasteiger partial charge on any atom is -0.480 e. The van der Waals surface area contributed by atoms with E-state index in [1.165, 1.54) is 4.90 Å². The van der Waals surface area contributed by atoms with Gasteiger partial charge in [0.1, 0.15) is 0 Å². The molecule has 0 aromatic heterocycles. The Balaban J connectivity index is 4.71. The maximum Gasteiger partial charge on any atom is 0.317 e. The summed E-state index contributed by atoms with van der Waals surface area (Å²) in [7, 11) is 0. The van der Waals surface area contributed by atoms with Crippen molar-refractivity contribution in [3.8, 4) is 12.1 Å². The van der Waals surface area contributed by atoms with Gasteiger partial charge in [-0.25, -0.2) is 0 Å². The molecule has 0 fully saturated rings. The summed E-state index contributed by atoms with van der Waals surface area (Å²) >= 11 is 0. The molecule has 114 valence electrons. The number of nitriles is 2. The largest absolute Gasteiger partial charge is 0.480 e. The van der Waals surface area contributed by atoms with E-state index in [2.05, 4.69) is 0 Å². The molecule has 3 N–H and O–H groups in total. The number of rotatable bonds is 10. The minimum absolute atomic E-state index is 0.103. The van der Waals surface area contributed by atoms with E-state index in [0.717, 1.165) is 4.90 Å². The first-order valence-corrected chi connectivity index (χ1v) is 6.14.